The Balaban J connectivity index is 2.01. The number of carbonyl (C=O) groups is 1. The summed E-state index contributed by atoms with van der Waals surface area (Å²) in [6, 6.07) is 12.3. The molecule has 9 heteroatoms. The van der Waals surface area contributed by atoms with Crippen molar-refractivity contribution in [1.29, 1.82) is 0 Å². The highest BCUT2D eigenvalue weighted by Crippen LogP contribution is 2.38. The third kappa shape index (κ3) is 4.46. The molecule has 0 fully saturated rings. The van der Waals surface area contributed by atoms with Crippen LogP contribution in [0.3, 0.4) is 0 Å². The van der Waals surface area contributed by atoms with Crippen molar-refractivity contribution in [3.63, 3.8) is 0 Å². The maximum atomic E-state index is 12.9. The molecule has 0 unspecified atom stereocenters. The summed E-state index contributed by atoms with van der Waals surface area (Å²) in [6.07, 6.45) is -0.853. The molecule has 0 bridgehead atoms. The zero-order valence-electron chi connectivity index (χ0n) is 13.9. The van der Waals surface area contributed by atoms with E-state index in [1.165, 1.54) is 12.1 Å². The van der Waals surface area contributed by atoms with Crippen molar-refractivity contribution >= 4 is 59.5 Å². The highest BCUT2D eigenvalue weighted by Gasteiger charge is 2.40. The van der Waals surface area contributed by atoms with Crippen LogP contribution in [0.15, 0.2) is 62.4 Å². The van der Waals surface area contributed by atoms with Gasteiger partial charge in [0.1, 0.15) is 4.48 Å². The first-order valence-corrected chi connectivity index (χ1v) is 11.2. The van der Waals surface area contributed by atoms with Crippen LogP contribution in [0.2, 0.25) is 5.02 Å². The van der Waals surface area contributed by atoms with Gasteiger partial charge in [-0.05, 0) is 68.6 Å². The maximum Gasteiger partial charge on any atom is 0.346 e. The standard InChI is InChI=1S/C18H14Br2ClNO4S/c1-10-2-8-13(9-3-10)27(24,25)22-16(11-4-6-12(21)7-5-11)17-14(19)15(20)18(23)26-17/h2-9,16-17,22H,1H3/t16-,17-/m1/s1. The van der Waals surface area contributed by atoms with Crippen LogP contribution in [0.4, 0.5) is 0 Å². The molecule has 0 aromatic heterocycles. The molecule has 0 saturated carbocycles. The van der Waals surface area contributed by atoms with Crippen molar-refractivity contribution in [3.05, 3.63) is 73.6 Å². The number of carbonyl (C=O) groups excluding carboxylic acids is 1. The lowest BCUT2D eigenvalue weighted by Gasteiger charge is -2.25. The van der Waals surface area contributed by atoms with E-state index in [0.717, 1.165) is 5.56 Å². The van der Waals surface area contributed by atoms with Crippen LogP contribution in [0, 0.1) is 6.92 Å². The van der Waals surface area contributed by atoms with Gasteiger partial charge < -0.3 is 4.74 Å². The molecular weight excluding hydrogens is 522 g/mol. The molecule has 2 atom stereocenters. The Morgan fingerprint density at radius 3 is 2.19 bits per heavy atom. The maximum absolute atomic E-state index is 12.9. The third-order valence-electron chi connectivity index (χ3n) is 4.02. The van der Waals surface area contributed by atoms with Crippen molar-refractivity contribution in [3.8, 4) is 0 Å². The van der Waals surface area contributed by atoms with Gasteiger partial charge in [-0.3, -0.25) is 0 Å². The Morgan fingerprint density at radius 1 is 1.07 bits per heavy atom. The Labute approximate surface area is 179 Å². The van der Waals surface area contributed by atoms with Crippen LogP contribution in [-0.4, -0.2) is 20.5 Å². The van der Waals surface area contributed by atoms with E-state index < -0.39 is 28.1 Å². The quantitative estimate of drug-likeness (QED) is 0.569. The fraction of sp³-hybridized carbons (Fsp3) is 0.167. The normalized spacial score (nSPS) is 18.5. The number of benzene rings is 2. The Hall–Kier alpha value is -1.19. The summed E-state index contributed by atoms with van der Waals surface area (Å²) in [4.78, 5) is 12.0. The zero-order chi connectivity index (χ0) is 19.8. The number of esters is 1. The van der Waals surface area contributed by atoms with Gasteiger partial charge in [0.25, 0.3) is 0 Å². The van der Waals surface area contributed by atoms with Gasteiger partial charge in [0.15, 0.2) is 6.10 Å². The minimum atomic E-state index is -3.86. The minimum Gasteiger partial charge on any atom is -0.451 e. The summed E-state index contributed by atoms with van der Waals surface area (Å²) in [5, 5.41) is 0.512. The Bertz CT molecular complexity index is 1000. The number of ether oxygens (including phenoxy) is 1. The van der Waals surface area contributed by atoms with Crippen LogP contribution in [-0.2, 0) is 19.6 Å². The second kappa shape index (κ2) is 8.05. The number of sulfonamides is 1. The molecule has 1 aliphatic heterocycles. The van der Waals surface area contributed by atoms with Crippen LogP contribution in [0.25, 0.3) is 0 Å². The Morgan fingerprint density at radius 2 is 1.67 bits per heavy atom. The topological polar surface area (TPSA) is 72.5 Å². The number of aryl methyl sites for hydroxylation is 1. The van der Waals surface area contributed by atoms with Crippen molar-refractivity contribution in [2.75, 3.05) is 0 Å². The summed E-state index contributed by atoms with van der Waals surface area (Å²) < 4.78 is 34.5. The van der Waals surface area contributed by atoms with E-state index in [9.17, 15) is 13.2 Å². The molecule has 142 valence electrons. The largest absolute Gasteiger partial charge is 0.451 e. The molecule has 2 aromatic carbocycles. The molecule has 1 N–H and O–H groups in total. The van der Waals surface area contributed by atoms with Crippen LogP contribution < -0.4 is 4.72 Å². The van der Waals surface area contributed by atoms with Gasteiger partial charge in [-0.25, -0.2) is 13.2 Å². The molecule has 0 radical (unpaired) electrons. The van der Waals surface area contributed by atoms with Gasteiger partial charge in [0.2, 0.25) is 10.0 Å². The van der Waals surface area contributed by atoms with Gasteiger partial charge in [-0.15, -0.1) is 0 Å². The summed E-state index contributed by atoms with van der Waals surface area (Å²) in [6.45, 7) is 1.87. The predicted molar refractivity (Wildman–Crippen MR) is 110 cm³/mol. The van der Waals surface area contributed by atoms with Crippen LogP contribution in [0.5, 0.6) is 0 Å². The number of cyclic esters (lactones) is 1. The first kappa shape index (κ1) is 20.5. The molecule has 0 saturated heterocycles. The van der Waals surface area contributed by atoms with Gasteiger partial charge in [0, 0.05) is 5.02 Å². The predicted octanol–water partition coefficient (Wildman–Crippen LogP) is 4.59. The average Bonchev–Trinajstić information content (AvgIpc) is 2.88. The molecule has 1 aliphatic rings. The molecule has 3 rings (SSSR count). The molecule has 0 aliphatic carbocycles. The molecule has 0 spiro atoms. The molecule has 5 nitrogen and oxygen atoms in total. The monoisotopic (exact) mass is 533 g/mol. The van der Waals surface area contributed by atoms with E-state index in [0.29, 0.717) is 15.1 Å². The van der Waals surface area contributed by atoms with Crippen LogP contribution in [0.1, 0.15) is 17.2 Å². The molecular formula is C18H14Br2ClNO4S. The van der Waals surface area contributed by atoms with Gasteiger partial charge in [0.05, 0.1) is 15.4 Å². The summed E-state index contributed by atoms with van der Waals surface area (Å²) in [7, 11) is -3.86. The second-order valence-electron chi connectivity index (χ2n) is 5.95. The molecule has 1 heterocycles. The van der Waals surface area contributed by atoms with Crippen LogP contribution >= 0.6 is 43.5 Å². The summed E-state index contributed by atoms with van der Waals surface area (Å²) in [5.41, 5.74) is 1.55. The second-order valence-corrected chi connectivity index (χ2v) is 9.75. The minimum absolute atomic E-state index is 0.121. The highest BCUT2D eigenvalue weighted by atomic mass is 79.9. The Kier molecular flexibility index (Phi) is 6.12. The first-order chi connectivity index (χ1) is 12.7. The summed E-state index contributed by atoms with van der Waals surface area (Å²) in [5.74, 6) is -0.569. The van der Waals surface area contributed by atoms with Crippen molar-refractivity contribution < 1.29 is 17.9 Å². The number of halogens is 3. The van der Waals surface area contributed by atoms with Crippen molar-refractivity contribution in [2.45, 2.75) is 24.0 Å². The van der Waals surface area contributed by atoms with E-state index in [-0.39, 0.29) is 9.38 Å². The third-order valence-corrected chi connectivity index (χ3v) is 7.86. The van der Waals surface area contributed by atoms with E-state index >= 15 is 0 Å². The van der Waals surface area contributed by atoms with E-state index in [2.05, 4.69) is 36.6 Å². The average molecular weight is 536 g/mol. The van der Waals surface area contributed by atoms with E-state index in [1.54, 1.807) is 36.4 Å². The fourth-order valence-corrected chi connectivity index (χ4v) is 4.77. The number of nitrogens with one attached hydrogen (secondary N) is 1. The fourth-order valence-electron chi connectivity index (χ4n) is 2.58. The van der Waals surface area contributed by atoms with Gasteiger partial charge in [-0.2, -0.15) is 4.72 Å². The van der Waals surface area contributed by atoms with Crippen molar-refractivity contribution in [2.24, 2.45) is 0 Å². The van der Waals surface area contributed by atoms with Gasteiger partial charge >= 0.3 is 5.97 Å². The van der Waals surface area contributed by atoms with Crippen molar-refractivity contribution in [1.82, 2.24) is 4.72 Å². The zero-order valence-corrected chi connectivity index (χ0v) is 18.7. The lowest BCUT2D eigenvalue weighted by molar-refractivity contribution is -0.139. The lowest BCUT2D eigenvalue weighted by atomic mass is 10.0. The molecule has 2 aromatic rings. The van der Waals surface area contributed by atoms with Gasteiger partial charge in [-0.1, -0.05) is 41.4 Å². The lowest BCUT2D eigenvalue weighted by Crippen LogP contribution is -2.37. The summed E-state index contributed by atoms with van der Waals surface area (Å²) >= 11 is 12.4. The number of hydrogen-bond acceptors (Lipinski definition) is 4. The first-order valence-electron chi connectivity index (χ1n) is 7.79. The smallest absolute Gasteiger partial charge is 0.346 e. The van der Waals surface area contributed by atoms with E-state index in [1.807, 2.05) is 6.92 Å². The number of hydrogen-bond donors (Lipinski definition) is 1. The molecule has 0 amide bonds. The van der Waals surface area contributed by atoms with E-state index in [4.69, 9.17) is 16.3 Å². The number of rotatable bonds is 5. The molecule has 27 heavy (non-hydrogen) atoms. The SMILES string of the molecule is Cc1ccc(S(=O)(=O)N[C@H](c2ccc(Cl)cc2)[C@@H]2OC(=O)C(Br)=C2Br)cc1. The highest BCUT2D eigenvalue weighted by molar-refractivity contribution is 9.14.